The van der Waals surface area contributed by atoms with E-state index in [1.807, 2.05) is 19.1 Å². The van der Waals surface area contributed by atoms with E-state index in [1.165, 1.54) is 4.90 Å². The van der Waals surface area contributed by atoms with E-state index in [-0.39, 0.29) is 37.1 Å². The Morgan fingerprint density at radius 1 is 1.27 bits per heavy atom. The lowest BCUT2D eigenvalue weighted by atomic mass is 10.1. The number of carboxylic acid groups (broad SMARTS) is 1. The first kappa shape index (κ1) is 18.1. The number of amides is 1. The van der Waals surface area contributed by atoms with Gasteiger partial charge in [0, 0.05) is 23.6 Å². The van der Waals surface area contributed by atoms with E-state index in [1.54, 1.807) is 22.9 Å². The van der Waals surface area contributed by atoms with Crippen molar-refractivity contribution in [2.24, 2.45) is 0 Å². The van der Waals surface area contributed by atoms with Gasteiger partial charge in [-0.05, 0) is 25.1 Å². The third-order valence-electron chi connectivity index (χ3n) is 4.27. The van der Waals surface area contributed by atoms with Crippen molar-refractivity contribution in [3.63, 3.8) is 0 Å². The van der Waals surface area contributed by atoms with Crippen LogP contribution in [-0.2, 0) is 9.59 Å². The molecule has 0 radical (unpaired) electrons. The highest BCUT2D eigenvalue weighted by molar-refractivity contribution is 6.30. The molecule has 1 atom stereocenters. The maximum absolute atomic E-state index is 12.7. The molecule has 1 aromatic heterocycles. The average Bonchev–Trinajstić information content (AvgIpc) is 3.04. The van der Waals surface area contributed by atoms with Crippen molar-refractivity contribution in [1.82, 2.24) is 14.7 Å². The normalized spacial score (nSPS) is 16.5. The summed E-state index contributed by atoms with van der Waals surface area (Å²) in [6.45, 7) is 2.19. The molecule has 0 bridgehead atoms. The van der Waals surface area contributed by atoms with Crippen LogP contribution in [-0.4, -0.2) is 50.5 Å². The Hall–Kier alpha value is -2.67. The molecule has 1 amide bonds. The number of rotatable bonds is 6. The molecule has 1 N–H and O–H groups in total. The van der Waals surface area contributed by atoms with Crippen molar-refractivity contribution in [2.45, 2.75) is 25.8 Å². The molecule has 8 heteroatoms. The molecule has 3 rings (SSSR count). The number of fused-ring (bicyclic) bond motifs is 1. The zero-order chi connectivity index (χ0) is 18.8. The molecular weight excluding hydrogens is 358 g/mol. The molecule has 26 heavy (non-hydrogen) atoms. The van der Waals surface area contributed by atoms with Gasteiger partial charge in [-0.25, -0.2) is 0 Å². The van der Waals surface area contributed by atoms with Crippen LogP contribution in [0.4, 0.5) is 0 Å². The number of benzene rings is 1. The maximum Gasteiger partial charge on any atom is 0.303 e. The van der Waals surface area contributed by atoms with Gasteiger partial charge in [0.25, 0.3) is 5.91 Å². The summed E-state index contributed by atoms with van der Waals surface area (Å²) in [4.78, 5) is 36.7. The minimum Gasteiger partial charge on any atom is -0.481 e. The number of carbonyl (C=O) groups is 3. The maximum atomic E-state index is 12.7. The van der Waals surface area contributed by atoms with E-state index in [2.05, 4.69) is 5.10 Å². The molecule has 0 unspecified atom stereocenters. The minimum atomic E-state index is -1.03. The third-order valence-corrected chi connectivity index (χ3v) is 4.52. The first-order valence-electron chi connectivity index (χ1n) is 8.23. The van der Waals surface area contributed by atoms with Gasteiger partial charge in [0.15, 0.2) is 5.78 Å². The first-order chi connectivity index (χ1) is 12.3. The van der Waals surface area contributed by atoms with Crippen LogP contribution in [0.1, 0.15) is 36.3 Å². The van der Waals surface area contributed by atoms with Crippen molar-refractivity contribution in [1.29, 1.82) is 0 Å². The fourth-order valence-corrected chi connectivity index (χ4v) is 3.09. The predicted octanol–water partition coefficient (Wildman–Crippen LogP) is 2.65. The SMILES string of the molecule is C[C@H]1CN(CC(=O)CCC(=O)O)C(=O)c2cc(-c3ccc(Cl)cc3)nn21. The average molecular weight is 376 g/mol. The Bertz CT molecular complexity index is 860. The van der Waals surface area contributed by atoms with Gasteiger partial charge in [0.2, 0.25) is 0 Å². The van der Waals surface area contributed by atoms with Crippen molar-refractivity contribution in [3.05, 3.63) is 41.0 Å². The van der Waals surface area contributed by atoms with Crippen LogP contribution in [0.15, 0.2) is 30.3 Å². The monoisotopic (exact) mass is 375 g/mol. The first-order valence-corrected chi connectivity index (χ1v) is 8.61. The topological polar surface area (TPSA) is 92.5 Å². The van der Waals surface area contributed by atoms with E-state index >= 15 is 0 Å². The van der Waals surface area contributed by atoms with Gasteiger partial charge < -0.3 is 10.0 Å². The molecule has 0 spiro atoms. The van der Waals surface area contributed by atoms with Gasteiger partial charge in [-0.15, -0.1) is 0 Å². The number of hydrogen-bond acceptors (Lipinski definition) is 4. The molecular formula is C18H18ClN3O4. The number of hydrogen-bond donors (Lipinski definition) is 1. The predicted molar refractivity (Wildman–Crippen MR) is 95.2 cm³/mol. The highest BCUT2D eigenvalue weighted by Crippen LogP contribution is 2.27. The van der Waals surface area contributed by atoms with E-state index in [0.717, 1.165) is 5.56 Å². The number of nitrogens with zero attached hydrogens (tertiary/aromatic N) is 3. The molecule has 0 saturated heterocycles. The highest BCUT2D eigenvalue weighted by Gasteiger charge is 2.31. The highest BCUT2D eigenvalue weighted by atomic mass is 35.5. The second-order valence-corrected chi connectivity index (χ2v) is 6.77. The van der Waals surface area contributed by atoms with Gasteiger partial charge >= 0.3 is 5.97 Å². The Morgan fingerprint density at radius 3 is 2.62 bits per heavy atom. The summed E-state index contributed by atoms with van der Waals surface area (Å²) in [5.74, 6) is -1.57. The summed E-state index contributed by atoms with van der Waals surface area (Å²) >= 11 is 5.90. The number of carboxylic acids is 1. The quantitative estimate of drug-likeness (QED) is 0.837. The largest absolute Gasteiger partial charge is 0.481 e. The van der Waals surface area contributed by atoms with Crippen LogP contribution in [0.25, 0.3) is 11.3 Å². The molecule has 0 aliphatic carbocycles. The number of ketones is 1. The summed E-state index contributed by atoms with van der Waals surface area (Å²) in [6, 6.07) is 8.80. The standard InChI is InChI=1S/C18H18ClN3O4/c1-11-9-21(10-14(23)6-7-17(24)25)18(26)16-8-15(20-22(11)16)12-2-4-13(19)5-3-12/h2-5,8,11H,6-7,9-10H2,1H3,(H,24,25)/t11-/m0/s1. The van der Waals surface area contributed by atoms with Crippen LogP contribution in [0.3, 0.4) is 0 Å². The summed E-state index contributed by atoms with van der Waals surface area (Å²) in [6.07, 6.45) is -0.308. The van der Waals surface area contributed by atoms with Gasteiger partial charge in [0.05, 0.1) is 24.7 Å². The van der Waals surface area contributed by atoms with Crippen LogP contribution in [0, 0.1) is 0 Å². The molecule has 2 heterocycles. The van der Waals surface area contributed by atoms with Crippen molar-refractivity contribution in [2.75, 3.05) is 13.1 Å². The van der Waals surface area contributed by atoms with E-state index < -0.39 is 5.97 Å². The second-order valence-electron chi connectivity index (χ2n) is 6.33. The molecule has 1 aromatic carbocycles. The summed E-state index contributed by atoms with van der Waals surface area (Å²) < 4.78 is 1.67. The molecule has 0 fully saturated rings. The second kappa shape index (κ2) is 7.29. The third kappa shape index (κ3) is 3.77. The fraction of sp³-hybridized carbons (Fsp3) is 0.333. The van der Waals surface area contributed by atoms with Crippen LogP contribution in [0.5, 0.6) is 0 Å². The molecule has 1 aliphatic rings. The molecule has 1 aliphatic heterocycles. The van der Waals surface area contributed by atoms with Gasteiger partial charge in [-0.1, -0.05) is 23.7 Å². The van der Waals surface area contributed by atoms with Crippen LogP contribution in [0.2, 0.25) is 5.02 Å². The van der Waals surface area contributed by atoms with E-state index in [9.17, 15) is 14.4 Å². The lowest BCUT2D eigenvalue weighted by Crippen LogP contribution is -2.44. The Balaban J connectivity index is 1.79. The van der Waals surface area contributed by atoms with Gasteiger partial charge in [0.1, 0.15) is 5.69 Å². The Morgan fingerprint density at radius 2 is 1.96 bits per heavy atom. The van der Waals surface area contributed by atoms with E-state index in [0.29, 0.717) is 23.0 Å². The Kier molecular flexibility index (Phi) is 5.08. The smallest absolute Gasteiger partial charge is 0.303 e. The zero-order valence-corrected chi connectivity index (χ0v) is 14.9. The fourth-order valence-electron chi connectivity index (χ4n) is 2.97. The summed E-state index contributed by atoms with van der Waals surface area (Å²) in [5, 5.41) is 13.8. The minimum absolute atomic E-state index is 0.0806. The van der Waals surface area contributed by atoms with Crippen molar-refractivity contribution < 1.29 is 19.5 Å². The van der Waals surface area contributed by atoms with Gasteiger partial charge in [-0.2, -0.15) is 5.10 Å². The Labute approximate surface area is 155 Å². The van der Waals surface area contributed by atoms with E-state index in [4.69, 9.17) is 16.7 Å². The molecule has 2 aromatic rings. The van der Waals surface area contributed by atoms with Crippen LogP contribution < -0.4 is 0 Å². The lowest BCUT2D eigenvalue weighted by molar-refractivity contribution is -0.138. The zero-order valence-electron chi connectivity index (χ0n) is 14.2. The van der Waals surface area contributed by atoms with Crippen molar-refractivity contribution >= 4 is 29.3 Å². The number of aromatic nitrogens is 2. The summed E-state index contributed by atoms with van der Waals surface area (Å²) in [5.41, 5.74) is 1.93. The number of Topliss-reactive ketones (excluding diaryl/α,β-unsaturated/α-hetero) is 1. The van der Waals surface area contributed by atoms with Crippen LogP contribution >= 0.6 is 11.6 Å². The molecule has 136 valence electrons. The number of aliphatic carboxylic acids is 1. The number of carbonyl (C=O) groups excluding carboxylic acids is 2. The molecule has 7 nitrogen and oxygen atoms in total. The number of halogens is 1. The lowest BCUT2D eigenvalue weighted by Gasteiger charge is -2.31. The summed E-state index contributed by atoms with van der Waals surface area (Å²) in [7, 11) is 0. The molecule has 0 saturated carbocycles. The van der Waals surface area contributed by atoms with Gasteiger partial charge in [-0.3, -0.25) is 19.1 Å². The van der Waals surface area contributed by atoms with Crippen molar-refractivity contribution in [3.8, 4) is 11.3 Å².